The molecule has 0 spiro atoms. The summed E-state index contributed by atoms with van der Waals surface area (Å²) in [5, 5.41) is 1.12. The first-order chi connectivity index (χ1) is 28.3. The van der Waals surface area contributed by atoms with Crippen LogP contribution in [0.2, 0.25) is 0 Å². The van der Waals surface area contributed by atoms with Gasteiger partial charge in [0.25, 0.3) is 0 Å². The van der Waals surface area contributed by atoms with Crippen LogP contribution in [0.25, 0.3) is 22.3 Å². The second kappa shape index (κ2) is 21.9. The molecule has 7 heterocycles. The van der Waals surface area contributed by atoms with Gasteiger partial charge in [0, 0.05) is 24.6 Å². The van der Waals surface area contributed by atoms with E-state index in [-0.39, 0.29) is 52.3 Å². The van der Waals surface area contributed by atoms with Gasteiger partial charge < -0.3 is 18.9 Å². The number of benzene rings is 4. The monoisotopic (exact) mass is 888 g/mol. The summed E-state index contributed by atoms with van der Waals surface area (Å²) in [6.45, 7) is 32.1. The van der Waals surface area contributed by atoms with Gasteiger partial charge in [0.15, 0.2) is 0 Å². The molecule has 0 saturated carbocycles. The van der Waals surface area contributed by atoms with E-state index in [2.05, 4.69) is 180 Å². The molecule has 7 aliphatic heterocycles. The normalized spacial score (nSPS) is 21.4. The molecule has 4 unspecified atom stereocenters. The highest BCUT2D eigenvalue weighted by Gasteiger charge is 2.30. The van der Waals surface area contributed by atoms with Gasteiger partial charge in [-0.05, 0) is 116 Å². The number of hydrogen-bond acceptors (Lipinski definition) is 4. The minimum absolute atomic E-state index is 0.200. The van der Waals surface area contributed by atoms with Crippen molar-refractivity contribution in [2.24, 2.45) is 0 Å². The van der Waals surface area contributed by atoms with Crippen molar-refractivity contribution in [3.63, 3.8) is 0 Å². The predicted molar refractivity (Wildman–Crippen MR) is 271 cm³/mol. The molecule has 60 heavy (non-hydrogen) atoms. The standard InChI is InChI=1S/C52H76O4P4/c1-49(2,3)57-33-29-53-45-21-13-41(14-22-45)42-17-25-47(26-18-42)55-31-35-59(51(7,8)9)39-40-60(52(10,11)12)36-32-56-48-27-19-44(20-28-48)43-15-23-46(24-16-43)54-30-34-58(38-37-57)50(4,5)6/h13-28H,29-40H2,1-12H3. The summed E-state index contributed by atoms with van der Waals surface area (Å²) in [6, 6.07) is 34.5. The zero-order valence-electron chi connectivity index (χ0n) is 39.1. The lowest BCUT2D eigenvalue weighted by molar-refractivity contribution is 0.341. The van der Waals surface area contributed by atoms with Crippen molar-refractivity contribution in [1.82, 2.24) is 0 Å². The van der Waals surface area contributed by atoms with Gasteiger partial charge in [0.05, 0.1) is 26.4 Å². The molecule has 0 radical (unpaired) electrons. The highest BCUT2D eigenvalue weighted by molar-refractivity contribution is 7.64. The van der Waals surface area contributed by atoms with Crippen molar-refractivity contribution in [2.45, 2.75) is 104 Å². The van der Waals surface area contributed by atoms with Crippen molar-refractivity contribution in [1.29, 1.82) is 0 Å². The Morgan fingerprint density at radius 1 is 0.267 bits per heavy atom. The zero-order valence-corrected chi connectivity index (χ0v) is 42.7. The number of ether oxygens (including phenoxy) is 4. The van der Waals surface area contributed by atoms with E-state index in [4.69, 9.17) is 18.9 Å². The van der Waals surface area contributed by atoms with Gasteiger partial charge in [0.2, 0.25) is 0 Å². The quantitative estimate of drug-likeness (QED) is 0.165. The van der Waals surface area contributed by atoms with E-state index >= 15 is 0 Å². The predicted octanol–water partition coefficient (Wildman–Crippen LogP) is 15.4. The Morgan fingerprint density at radius 2 is 0.433 bits per heavy atom. The van der Waals surface area contributed by atoms with Crippen molar-refractivity contribution >= 4 is 31.7 Å². The fourth-order valence-electron chi connectivity index (χ4n) is 7.68. The highest BCUT2D eigenvalue weighted by atomic mass is 31.1. The molecule has 8 bridgehead atoms. The molecular formula is C52H76O4P4. The average Bonchev–Trinajstić information content (AvgIpc) is 3.18. The van der Waals surface area contributed by atoms with Gasteiger partial charge in [-0.1, -0.05) is 163 Å². The first-order valence-electron chi connectivity index (χ1n) is 22.2. The van der Waals surface area contributed by atoms with E-state index < -0.39 is 0 Å². The van der Waals surface area contributed by atoms with Crippen molar-refractivity contribution < 1.29 is 18.9 Å². The largest absolute Gasteiger partial charge is 0.493 e. The van der Waals surface area contributed by atoms with Crippen LogP contribution >= 0.6 is 31.7 Å². The summed E-state index contributed by atoms with van der Waals surface area (Å²) in [5.74, 6) is 3.79. The van der Waals surface area contributed by atoms with Crippen molar-refractivity contribution in [2.75, 3.05) is 75.7 Å². The molecule has 0 aromatic heterocycles. The van der Waals surface area contributed by atoms with E-state index in [0.29, 0.717) is 0 Å². The minimum Gasteiger partial charge on any atom is -0.493 e. The lowest BCUT2D eigenvalue weighted by Crippen LogP contribution is -2.23. The maximum absolute atomic E-state index is 6.39. The van der Waals surface area contributed by atoms with Crippen LogP contribution in [0, 0.1) is 0 Å². The van der Waals surface area contributed by atoms with Crippen molar-refractivity contribution in [3.05, 3.63) is 97.1 Å². The third-order valence-electron chi connectivity index (χ3n) is 11.7. The SMILES string of the molecule is CC(C)(C)P1CCOc2ccc(cc2)-c2ccc(cc2)OCCP(C(C)(C)C)CCP(C(C)(C)C)CCOc2ccc(cc2)-c2ccc(cc2)OCCP(C(C)(C)C)CC1. The molecule has 0 amide bonds. The Kier molecular flexibility index (Phi) is 17.8. The van der Waals surface area contributed by atoms with Gasteiger partial charge in [-0.25, -0.2) is 0 Å². The van der Waals surface area contributed by atoms with Crippen LogP contribution in [0.15, 0.2) is 97.1 Å². The third kappa shape index (κ3) is 15.6. The molecule has 4 aromatic rings. The Hall–Kier alpha value is -2.20. The molecule has 328 valence electrons. The van der Waals surface area contributed by atoms with Gasteiger partial charge in [-0.15, -0.1) is 0 Å². The molecule has 0 N–H and O–H groups in total. The Labute approximate surface area is 370 Å². The van der Waals surface area contributed by atoms with Gasteiger partial charge in [-0.2, -0.15) is 0 Å². The smallest absolute Gasteiger partial charge is 0.119 e. The Balaban J connectivity index is 1.30. The Bertz CT molecular complexity index is 1570. The highest BCUT2D eigenvalue weighted by Crippen LogP contribution is 2.57. The van der Waals surface area contributed by atoms with Crippen LogP contribution in [0.1, 0.15) is 83.1 Å². The van der Waals surface area contributed by atoms with Gasteiger partial charge in [-0.3, -0.25) is 0 Å². The molecule has 7 aliphatic rings. The second-order valence-electron chi connectivity index (χ2n) is 20.1. The van der Waals surface area contributed by atoms with Crippen molar-refractivity contribution in [3.8, 4) is 45.3 Å². The van der Waals surface area contributed by atoms with Gasteiger partial charge in [0.1, 0.15) is 23.0 Å². The van der Waals surface area contributed by atoms with E-state index in [0.717, 1.165) is 74.1 Å². The molecule has 4 nitrogen and oxygen atoms in total. The molecule has 11 rings (SSSR count). The topological polar surface area (TPSA) is 36.9 Å². The summed E-state index contributed by atoms with van der Waals surface area (Å²) in [7, 11) is -0.800. The molecule has 8 heteroatoms. The lowest BCUT2D eigenvalue weighted by Gasteiger charge is -2.36. The molecule has 4 atom stereocenters. The minimum atomic E-state index is -0.200. The van der Waals surface area contributed by atoms with E-state index in [1.165, 1.54) is 46.9 Å². The summed E-state index contributed by atoms with van der Waals surface area (Å²) < 4.78 is 25.6. The first kappa shape index (κ1) is 48.8. The fraction of sp³-hybridized carbons (Fsp3) is 0.538. The van der Waals surface area contributed by atoms with Crippen LogP contribution in [0.5, 0.6) is 23.0 Å². The molecule has 0 aliphatic carbocycles. The van der Waals surface area contributed by atoms with Crippen LogP contribution in [0.4, 0.5) is 0 Å². The number of hydrogen-bond donors (Lipinski definition) is 0. The summed E-state index contributed by atoms with van der Waals surface area (Å²) >= 11 is 0. The zero-order chi connectivity index (χ0) is 43.6. The fourth-order valence-corrected chi connectivity index (χ4v) is 19.1. The van der Waals surface area contributed by atoms with E-state index in [9.17, 15) is 0 Å². The van der Waals surface area contributed by atoms with Crippen LogP contribution in [-0.4, -0.2) is 96.3 Å². The molecule has 0 saturated heterocycles. The van der Waals surface area contributed by atoms with E-state index in [1.54, 1.807) is 0 Å². The number of rotatable bonds is 0. The molecule has 4 aromatic carbocycles. The third-order valence-corrected chi connectivity index (χ3v) is 25.9. The summed E-state index contributed by atoms with van der Waals surface area (Å²) in [6.07, 6.45) is 9.57. The van der Waals surface area contributed by atoms with Crippen LogP contribution in [-0.2, 0) is 0 Å². The Morgan fingerprint density at radius 3 is 0.583 bits per heavy atom. The van der Waals surface area contributed by atoms with Crippen LogP contribution in [0.3, 0.4) is 0 Å². The molecule has 0 fully saturated rings. The average molecular weight is 889 g/mol. The van der Waals surface area contributed by atoms with E-state index in [1.807, 2.05) is 0 Å². The maximum Gasteiger partial charge on any atom is 0.119 e. The summed E-state index contributed by atoms with van der Waals surface area (Å²) in [4.78, 5) is 0. The van der Waals surface area contributed by atoms with Crippen LogP contribution < -0.4 is 18.9 Å². The van der Waals surface area contributed by atoms with Gasteiger partial charge >= 0.3 is 0 Å². The molecular weight excluding hydrogens is 812 g/mol. The first-order valence-corrected chi connectivity index (χ1v) is 29.0. The maximum atomic E-state index is 6.39. The lowest BCUT2D eigenvalue weighted by atomic mass is 10.1. The second-order valence-corrected chi connectivity index (χ2v) is 33.4. The summed E-state index contributed by atoms with van der Waals surface area (Å²) in [5.41, 5.74) is 4.78.